The SMILES string of the molecule is COc1cccc(CN2CCN(c3nc4ccccc4c4nnc(-c5ccco5)n34)C[C@H]2C)c1. The van der Waals surface area contributed by atoms with Crippen LogP contribution in [0.2, 0.25) is 0 Å². The van der Waals surface area contributed by atoms with E-state index in [1.165, 1.54) is 5.56 Å². The molecule has 1 saturated heterocycles. The fourth-order valence-electron chi connectivity index (χ4n) is 4.76. The van der Waals surface area contributed by atoms with E-state index in [0.29, 0.717) is 17.6 Å². The minimum atomic E-state index is 0.340. The van der Waals surface area contributed by atoms with Crippen molar-refractivity contribution in [1.29, 1.82) is 0 Å². The Morgan fingerprint density at radius 2 is 1.94 bits per heavy atom. The number of aromatic nitrogens is 4. The van der Waals surface area contributed by atoms with Crippen molar-refractivity contribution in [3.05, 3.63) is 72.5 Å². The number of benzene rings is 2. The lowest BCUT2D eigenvalue weighted by Gasteiger charge is -2.40. The first-order chi connectivity index (χ1) is 16.7. The largest absolute Gasteiger partial charge is 0.497 e. The van der Waals surface area contributed by atoms with Crippen LogP contribution in [0.25, 0.3) is 28.1 Å². The normalized spacial score (nSPS) is 17.0. The van der Waals surface area contributed by atoms with E-state index < -0.39 is 0 Å². The Morgan fingerprint density at radius 3 is 2.76 bits per heavy atom. The fourth-order valence-corrected chi connectivity index (χ4v) is 4.76. The van der Waals surface area contributed by atoms with Gasteiger partial charge in [0, 0.05) is 37.6 Å². The van der Waals surface area contributed by atoms with Crippen molar-refractivity contribution in [2.45, 2.75) is 19.5 Å². The standard InChI is InChI=1S/C26H26N6O2/c1-18-16-31(13-12-30(18)17-19-7-5-8-20(15-19)33-2)26-27-22-10-4-3-9-21(22)24-28-29-25(32(24)26)23-11-6-14-34-23/h3-11,14-15,18H,12-13,16-17H2,1-2H3/t18-/m1/s1. The zero-order valence-electron chi connectivity index (χ0n) is 19.3. The third-order valence-electron chi connectivity index (χ3n) is 6.54. The van der Waals surface area contributed by atoms with Gasteiger partial charge in [0.15, 0.2) is 11.4 Å². The number of anilines is 1. The van der Waals surface area contributed by atoms with Gasteiger partial charge in [-0.25, -0.2) is 9.38 Å². The van der Waals surface area contributed by atoms with Gasteiger partial charge in [-0.3, -0.25) is 4.90 Å². The molecule has 5 aromatic rings. The molecule has 0 radical (unpaired) electrons. The Kier molecular flexibility index (Phi) is 5.15. The van der Waals surface area contributed by atoms with Crippen LogP contribution in [0.4, 0.5) is 5.95 Å². The molecular formula is C26H26N6O2. The van der Waals surface area contributed by atoms with Crippen LogP contribution in [0.1, 0.15) is 12.5 Å². The molecule has 0 aliphatic carbocycles. The molecule has 0 bridgehead atoms. The third kappa shape index (κ3) is 3.56. The minimum absolute atomic E-state index is 0.340. The number of para-hydroxylation sites is 1. The second-order valence-corrected chi connectivity index (χ2v) is 8.71. The smallest absolute Gasteiger partial charge is 0.213 e. The number of hydrogen-bond donors (Lipinski definition) is 0. The molecule has 3 aromatic heterocycles. The van der Waals surface area contributed by atoms with Gasteiger partial charge in [0.05, 0.1) is 18.9 Å². The van der Waals surface area contributed by atoms with Gasteiger partial charge in [-0.05, 0) is 48.9 Å². The van der Waals surface area contributed by atoms with E-state index in [1.807, 2.05) is 52.9 Å². The topological polar surface area (TPSA) is 71.9 Å². The zero-order valence-corrected chi connectivity index (χ0v) is 19.3. The summed E-state index contributed by atoms with van der Waals surface area (Å²) in [6.07, 6.45) is 1.66. The predicted octanol–water partition coefficient (Wildman–Crippen LogP) is 4.26. The predicted molar refractivity (Wildman–Crippen MR) is 131 cm³/mol. The number of hydrogen-bond acceptors (Lipinski definition) is 7. The average Bonchev–Trinajstić information content (AvgIpc) is 3.55. The van der Waals surface area contributed by atoms with E-state index in [1.54, 1.807) is 13.4 Å². The lowest BCUT2D eigenvalue weighted by Crippen LogP contribution is -2.52. The highest BCUT2D eigenvalue weighted by Gasteiger charge is 2.28. The molecule has 8 heteroatoms. The van der Waals surface area contributed by atoms with Crippen LogP contribution in [-0.2, 0) is 6.54 Å². The summed E-state index contributed by atoms with van der Waals surface area (Å²) in [5.74, 6) is 3.08. The van der Waals surface area contributed by atoms with E-state index in [2.05, 4.69) is 39.1 Å². The maximum atomic E-state index is 5.68. The highest BCUT2D eigenvalue weighted by molar-refractivity contribution is 5.93. The lowest BCUT2D eigenvalue weighted by molar-refractivity contribution is 0.180. The van der Waals surface area contributed by atoms with Crippen molar-refractivity contribution in [2.24, 2.45) is 0 Å². The van der Waals surface area contributed by atoms with E-state index >= 15 is 0 Å². The summed E-state index contributed by atoms with van der Waals surface area (Å²) >= 11 is 0. The van der Waals surface area contributed by atoms with E-state index in [0.717, 1.165) is 54.4 Å². The molecule has 1 atom stereocenters. The Balaban J connectivity index is 1.35. The summed E-state index contributed by atoms with van der Waals surface area (Å²) in [4.78, 5) is 9.91. The highest BCUT2D eigenvalue weighted by Crippen LogP contribution is 2.30. The first-order valence-electron chi connectivity index (χ1n) is 11.5. The maximum absolute atomic E-state index is 5.68. The van der Waals surface area contributed by atoms with Gasteiger partial charge in [0.25, 0.3) is 0 Å². The average molecular weight is 455 g/mol. The Morgan fingerprint density at radius 1 is 1.03 bits per heavy atom. The molecule has 1 aliphatic heterocycles. The molecule has 8 nitrogen and oxygen atoms in total. The van der Waals surface area contributed by atoms with Crippen molar-refractivity contribution >= 4 is 22.5 Å². The van der Waals surface area contributed by atoms with E-state index in [-0.39, 0.29) is 0 Å². The zero-order chi connectivity index (χ0) is 23.1. The van der Waals surface area contributed by atoms with Crippen LogP contribution in [0.15, 0.2) is 71.3 Å². The van der Waals surface area contributed by atoms with Crippen molar-refractivity contribution in [2.75, 3.05) is 31.6 Å². The first-order valence-corrected chi connectivity index (χ1v) is 11.5. The van der Waals surface area contributed by atoms with Crippen molar-refractivity contribution in [1.82, 2.24) is 24.5 Å². The van der Waals surface area contributed by atoms with Gasteiger partial charge < -0.3 is 14.1 Å². The first kappa shape index (κ1) is 20.7. The fraction of sp³-hybridized carbons (Fsp3) is 0.269. The second-order valence-electron chi connectivity index (χ2n) is 8.71. The molecule has 1 aliphatic rings. The van der Waals surface area contributed by atoms with Gasteiger partial charge >= 0.3 is 0 Å². The monoisotopic (exact) mass is 454 g/mol. The molecule has 6 rings (SSSR count). The van der Waals surface area contributed by atoms with E-state index in [9.17, 15) is 0 Å². The second kappa shape index (κ2) is 8.46. The molecular weight excluding hydrogens is 428 g/mol. The quantitative estimate of drug-likeness (QED) is 0.393. The highest BCUT2D eigenvalue weighted by atomic mass is 16.5. The van der Waals surface area contributed by atoms with Gasteiger partial charge in [0.2, 0.25) is 11.8 Å². The number of methoxy groups -OCH3 is 1. The molecule has 2 aromatic carbocycles. The number of rotatable bonds is 5. The number of fused-ring (bicyclic) bond motifs is 3. The molecule has 0 saturated carbocycles. The lowest BCUT2D eigenvalue weighted by atomic mass is 10.1. The third-order valence-corrected chi connectivity index (χ3v) is 6.54. The number of furan rings is 1. The van der Waals surface area contributed by atoms with Crippen LogP contribution >= 0.6 is 0 Å². The summed E-state index contributed by atoms with van der Waals surface area (Å²) in [5, 5.41) is 9.98. The van der Waals surface area contributed by atoms with Crippen LogP contribution in [0, 0.1) is 0 Å². The van der Waals surface area contributed by atoms with Gasteiger partial charge in [-0.15, -0.1) is 10.2 Å². The van der Waals surface area contributed by atoms with Crippen molar-refractivity contribution < 1.29 is 9.15 Å². The van der Waals surface area contributed by atoms with E-state index in [4.69, 9.17) is 14.1 Å². The summed E-state index contributed by atoms with van der Waals surface area (Å²) in [7, 11) is 1.71. The number of nitrogens with zero attached hydrogens (tertiary/aromatic N) is 6. The Labute approximate surface area is 197 Å². The molecule has 1 fully saturated rings. The summed E-state index contributed by atoms with van der Waals surface area (Å²) in [6.45, 7) is 5.78. The van der Waals surface area contributed by atoms with Crippen molar-refractivity contribution in [3.63, 3.8) is 0 Å². The Bertz CT molecular complexity index is 1440. The maximum Gasteiger partial charge on any atom is 0.213 e. The van der Waals surface area contributed by atoms with Gasteiger partial charge in [0.1, 0.15) is 5.75 Å². The van der Waals surface area contributed by atoms with Crippen LogP contribution in [0.3, 0.4) is 0 Å². The van der Waals surface area contributed by atoms with Crippen LogP contribution in [0.5, 0.6) is 5.75 Å². The molecule has 0 amide bonds. The molecule has 34 heavy (non-hydrogen) atoms. The number of ether oxygens (including phenoxy) is 1. The molecule has 4 heterocycles. The van der Waals surface area contributed by atoms with Gasteiger partial charge in [-0.1, -0.05) is 24.3 Å². The minimum Gasteiger partial charge on any atom is -0.497 e. The Hall–Kier alpha value is -3.91. The molecule has 0 N–H and O–H groups in total. The van der Waals surface area contributed by atoms with Crippen LogP contribution in [-0.4, -0.2) is 57.3 Å². The summed E-state index contributed by atoms with van der Waals surface area (Å²) in [6, 6.07) is 20.5. The van der Waals surface area contributed by atoms with Crippen LogP contribution < -0.4 is 9.64 Å². The summed E-state index contributed by atoms with van der Waals surface area (Å²) in [5.41, 5.74) is 2.96. The van der Waals surface area contributed by atoms with Crippen molar-refractivity contribution in [3.8, 4) is 17.3 Å². The number of piperazine rings is 1. The molecule has 0 spiro atoms. The molecule has 172 valence electrons. The van der Waals surface area contributed by atoms with Gasteiger partial charge in [-0.2, -0.15) is 0 Å². The summed E-state index contributed by atoms with van der Waals surface area (Å²) < 4.78 is 13.1. The molecule has 0 unspecified atom stereocenters.